The van der Waals surface area contributed by atoms with Crippen molar-refractivity contribution in [1.29, 1.82) is 0 Å². The van der Waals surface area contributed by atoms with Gasteiger partial charge < -0.3 is 9.69 Å². The van der Waals surface area contributed by atoms with E-state index in [9.17, 15) is 4.79 Å². The summed E-state index contributed by atoms with van der Waals surface area (Å²) in [6.45, 7) is 4.19. The molecule has 0 aromatic carbocycles. The summed E-state index contributed by atoms with van der Waals surface area (Å²) in [6, 6.07) is 0. The second-order valence-corrected chi connectivity index (χ2v) is 5.01. The second-order valence-electron chi connectivity index (χ2n) is 5.01. The van der Waals surface area contributed by atoms with E-state index in [0.717, 1.165) is 6.42 Å². The SMILES string of the molecule is CC(=O)CC1CC12CCCN(C)C2. The van der Waals surface area contributed by atoms with Crippen LogP contribution in [0.4, 0.5) is 0 Å². The molecule has 2 atom stereocenters. The van der Waals surface area contributed by atoms with Crippen molar-refractivity contribution in [2.45, 2.75) is 32.6 Å². The number of hydrogen-bond acceptors (Lipinski definition) is 2. The third-order valence-electron chi connectivity index (χ3n) is 3.69. The molecule has 2 heteroatoms. The Kier molecular flexibility index (Phi) is 2.18. The van der Waals surface area contributed by atoms with Gasteiger partial charge in [0.05, 0.1) is 0 Å². The number of hydrogen-bond donors (Lipinski definition) is 0. The number of carbonyl (C=O) groups excluding carboxylic acids is 1. The quantitative estimate of drug-likeness (QED) is 0.646. The van der Waals surface area contributed by atoms with Gasteiger partial charge in [-0.25, -0.2) is 0 Å². The average molecular weight is 181 g/mol. The van der Waals surface area contributed by atoms with Crippen LogP contribution in [-0.2, 0) is 4.79 Å². The predicted octanol–water partition coefficient (Wildman–Crippen LogP) is 1.70. The van der Waals surface area contributed by atoms with E-state index in [0.29, 0.717) is 17.1 Å². The topological polar surface area (TPSA) is 20.3 Å². The molecule has 0 aromatic rings. The predicted molar refractivity (Wildman–Crippen MR) is 52.6 cm³/mol. The first-order chi connectivity index (χ1) is 6.12. The molecule has 1 aliphatic heterocycles. The molecule has 0 amide bonds. The minimum atomic E-state index is 0.370. The zero-order valence-electron chi connectivity index (χ0n) is 8.68. The van der Waals surface area contributed by atoms with Crippen molar-refractivity contribution in [2.75, 3.05) is 20.1 Å². The summed E-state index contributed by atoms with van der Waals surface area (Å²) in [6.07, 6.45) is 4.81. The molecule has 1 spiro atoms. The van der Waals surface area contributed by atoms with Gasteiger partial charge in [-0.3, -0.25) is 0 Å². The Hall–Kier alpha value is -0.370. The smallest absolute Gasteiger partial charge is 0.130 e. The van der Waals surface area contributed by atoms with E-state index < -0.39 is 0 Å². The van der Waals surface area contributed by atoms with E-state index in [-0.39, 0.29) is 0 Å². The Morgan fingerprint density at radius 2 is 2.38 bits per heavy atom. The summed E-state index contributed by atoms with van der Waals surface area (Å²) in [5, 5.41) is 0. The fourth-order valence-corrected chi connectivity index (χ4v) is 2.96. The van der Waals surface area contributed by atoms with E-state index in [4.69, 9.17) is 0 Å². The summed E-state index contributed by atoms with van der Waals surface area (Å²) >= 11 is 0. The van der Waals surface area contributed by atoms with Gasteiger partial charge >= 0.3 is 0 Å². The second kappa shape index (κ2) is 3.09. The van der Waals surface area contributed by atoms with Gasteiger partial charge in [0.2, 0.25) is 0 Å². The Morgan fingerprint density at radius 1 is 1.62 bits per heavy atom. The molecule has 2 fully saturated rings. The number of nitrogens with zero attached hydrogens (tertiary/aromatic N) is 1. The van der Waals surface area contributed by atoms with Gasteiger partial charge in [-0.2, -0.15) is 0 Å². The van der Waals surface area contributed by atoms with Gasteiger partial charge in [0.15, 0.2) is 0 Å². The largest absolute Gasteiger partial charge is 0.306 e. The van der Waals surface area contributed by atoms with Crippen LogP contribution in [-0.4, -0.2) is 30.8 Å². The van der Waals surface area contributed by atoms with Gasteiger partial charge in [-0.15, -0.1) is 0 Å². The van der Waals surface area contributed by atoms with Crippen LogP contribution in [0.3, 0.4) is 0 Å². The zero-order chi connectivity index (χ0) is 9.47. The molecular formula is C11H19NO. The molecule has 2 unspecified atom stereocenters. The fraction of sp³-hybridized carbons (Fsp3) is 0.909. The number of ketones is 1. The summed E-state index contributed by atoms with van der Waals surface area (Å²) in [4.78, 5) is 13.4. The zero-order valence-corrected chi connectivity index (χ0v) is 8.68. The first kappa shape index (κ1) is 9.20. The van der Waals surface area contributed by atoms with E-state index in [1.165, 1.54) is 32.4 Å². The lowest BCUT2D eigenvalue weighted by Crippen LogP contribution is -2.34. The van der Waals surface area contributed by atoms with Crippen molar-refractivity contribution in [3.63, 3.8) is 0 Å². The third-order valence-corrected chi connectivity index (χ3v) is 3.69. The lowest BCUT2D eigenvalue weighted by atomic mass is 9.91. The lowest BCUT2D eigenvalue weighted by molar-refractivity contribution is -0.117. The van der Waals surface area contributed by atoms with Crippen LogP contribution in [0.5, 0.6) is 0 Å². The Balaban J connectivity index is 1.90. The molecule has 13 heavy (non-hydrogen) atoms. The van der Waals surface area contributed by atoms with Crippen molar-refractivity contribution in [3.8, 4) is 0 Å². The molecule has 2 aliphatic rings. The minimum Gasteiger partial charge on any atom is -0.306 e. The van der Waals surface area contributed by atoms with Crippen LogP contribution < -0.4 is 0 Å². The van der Waals surface area contributed by atoms with E-state index >= 15 is 0 Å². The molecule has 0 radical (unpaired) electrons. The Bertz CT molecular complexity index is 226. The highest BCUT2D eigenvalue weighted by atomic mass is 16.1. The first-order valence-corrected chi connectivity index (χ1v) is 5.30. The lowest BCUT2D eigenvalue weighted by Gasteiger charge is -2.30. The van der Waals surface area contributed by atoms with E-state index in [2.05, 4.69) is 11.9 Å². The highest BCUT2D eigenvalue weighted by molar-refractivity contribution is 5.76. The molecule has 2 rings (SSSR count). The number of rotatable bonds is 2. The monoisotopic (exact) mass is 181 g/mol. The van der Waals surface area contributed by atoms with Crippen molar-refractivity contribution in [2.24, 2.45) is 11.3 Å². The van der Waals surface area contributed by atoms with Crippen molar-refractivity contribution >= 4 is 5.78 Å². The first-order valence-electron chi connectivity index (χ1n) is 5.30. The van der Waals surface area contributed by atoms with Crippen LogP contribution in [0.25, 0.3) is 0 Å². The third kappa shape index (κ3) is 1.78. The molecule has 0 bridgehead atoms. The number of carbonyl (C=O) groups is 1. The fourth-order valence-electron chi connectivity index (χ4n) is 2.96. The van der Waals surface area contributed by atoms with Crippen LogP contribution >= 0.6 is 0 Å². The van der Waals surface area contributed by atoms with Crippen LogP contribution in [0.2, 0.25) is 0 Å². The molecule has 74 valence electrons. The molecule has 1 aliphatic carbocycles. The van der Waals surface area contributed by atoms with Crippen LogP contribution in [0.15, 0.2) is 0 Å². The number of likely N-dealkylation sites (tertiary alicyclic amines) is 1. The van der Waals surface area contributed by atoms with Crippen molar-refractivity contribution in [1.82, 2.24) is 4.90 Å². The average Bonchev–Trinajstić information content (AvgIpc) is 2.60. The number of Topliss-reactive ketones (excluding diaryl/α,β-unsaturated/α-hetero) is 1. The molecule has 1 saturated carbocycles. The van der Waals surface area contributed by atoms with Gasteiger partial charge in [0.1, 0.15) is 5.78 Å². The van der Waals surface area contributed by atoms with Gasteiger partial charge in [-0.1, -0.05) is 0 Å². The molecule has 1 heterocycles. The molecular weight excluding hydrogens is 162 g/mol. The summed E-state index contributed by atoms with van der Waals surface area (Å²) < 4.78 is 0. The van der Waals surface area contributed by atoms with Crippen LogP contribution in [0.1, 0.15) is 32.6 Å². The number of piperidine rings is 1. The molecule has 1 saturated heterocycles. The van der Waals surface area contributed by atoms with E-state index in [1.54, 1.807) is 6.92 Å². The summed E-state index contributed by atoms with van der Waals surface area (Å²) in [5.74, 6) is 1.09. The van der Waals surface area contributed by atoms with Crippen molar-refractivity contribution < 1.29 is 4.79 Å². The van der Waals surface area contributed by atoms with Crippen molar-refractivity contribution in [3.05, 3.63) is 0 Å². The minimum absolute atomic E-state index is 0.370. The van der Waals surface area contributed by atoms with Crippen LogP contribution in [0, 0.1) is 11.3 Å². The normalized spacial score (nSPS) is 39.4. The highest BCUT2D eigenvalue weighted by Gasteiger charge is 2.54. The molecule has 2 nitrogen and oxygen atoms in total. The highest BCUT2D eigenvalue weighted by Crippen LogP contribution is 2.59. The van der Waals surface area contributed by atoms with Gasteiger partial charge in [-0.05, 0) is 51.1 Å². The molecule has 0 aromatic heterocycles. The standard InChI is InChI=1S/C11H19NO/c1-9(13)6-10-7-11(10)4-3-5-12(2)8-11/h10H,3-8H2,1-2H3. The van der Waals surface area contributed by atoms with Gasteiger partial charge in [0.25, 0.3) is 0 Å². The maximum atomic E-state index is 11.0. The van der Waals surface area contributed by atoms with E-state index in [1.807, 2.05) is 0 Å². The molecule has 0 N–H and O–H groups in total. The maximum absolute atomic E-state index is 11.0. The summed E-state index contributed by atoms with van der Waals surface area (Å²) in [5.41, 5.74) is 0.554. The summed E-state index contributed by atoms with van der Waals surface area (Å²) in [7, 11) is 2.20. The maximum Gasteiger partial charge on any atom is 0.130 e. The Labute approximate surface area is 80.3 Å². The Morgan fingerprint density at radius 3 is 3.00 bits per heavy atom. The van der Waals surface area contributed by atoms with Gasteiger partial charge in [0, 0.05) is 13.0 Å².